The van der Waals surface area contributed by atoms with Crippen LogP contribution in [-0.4, -0.2) is 32.9 Å². The van der Waals surface area contributed by atoms with Gasteiger partial charge in [0.15, 0.2) is 0 Å². The molecule has 0 aliphatic carbocycles. The number of hydrogen-bond donors (Lipinski definition) is 1. The van der Waals surface area contributed by atoms with Gasteiger partial charge in [0.2, 0.25) is 0 Å². The van der Waals surface area contributed by atoms with Crippen molar-refractivity contribution in [2.75, 3.05) is 26.9 Å². The predicted octanol–water partition coefficient (Wildman–Crippen LogP) is 2.18. The Balaban J connectivity index is 2.01. The Bertz CT molecular complexity index is 354. The minimum atomic E-state index is 0.324. The van der Waals surface area contributed by atoms with Gasteiger partial charge in [0, 0.05) is 24.1 Å². The van der Waals surface area contributed by atoms with Crippen LogP contribution in [0.5, 0.6) is 5.75 Å². The van der Waals surface area contributed by atoms with E-state index < -0.39 is 0 Å². The summed E-state index contributed by atoms with van der Waals surface area (Å²) in [5.41, 5.74) is 1.30. The fraction of sp³-hybridized carbons (Fsp3) is 0.571. The highest BCUT2D eigenvalue weighted by atomic mass is 16.5. The summed E-state index contributed by atoms with van der Waals surface area (Å²) in [5, 5.41) is 3.34. The first-order chi connectivity index (χ1) is 8.36. The SMILES string of the molecule is CCCOCC(NC)C1COc2ccccc21. The van der Waals surface area contributed by atoms with Crippen LogP contribution >= 0.6 is 0 Å². The third kappa shape index (κ3) is 2.79. The van der Waals surface area contributed by atoms with Gasteiger partial charge in [-0.2, -0.15) is 0 Å². The van der Waals surface area contributed by atoms with Gasteiger partial charge >= 0.3 is 0 Å². The number of hydrogen-bond acceptors (Lipinski definition) is 3. The van der Waals surface area contributed by atoms with Gasteiger partial charge in [0.25, 0.3) is 0 Å². The van der Waals surface area contributed by atoms with Crippen molar-refractivity contribution in [1.82, 2.24) is 5.32 Å². The Morgan fingerprint density at radius 3 is 3.06 bits per heavy atom. The van der Waals surface area contributed by atoms with Crippen molar-refractivity contribution in [2.45, 2.75) is 25.3 Å². The van der Waals surface area contributed by atoms with Crippen LogP contribution in [0.25, 0.3) is 0 Å². The van der Waals surface area contributed by atoms with Gasteiger partial charge in [-0.15, -0.1) is 0 Å². The molecule has 0 bridgehead atoms. The summed E-state index contributed by atoms with van der Waals surface area (Å²) in [7, 11) is 1.99. The fourth-order valence-corrected chi connectivity index (χ4v) is 2.28. The standard InChI is InChI=1S/C14H21NO2/c1-3-8-16-10-13(15-2)12-9-17-14-7-5-4-6-11(12)14/h4-7,12-13,15H,3,8-10H2,1-2H3. The van der Waals surface area contributed by atoms with E-state index in [2.05, 4.69) is 24.4 Å². The maximum Gasteiger partial charge on any atom is 0.122 e. The van der Waals surface area contributed by atoms with Gasteiger partial charge in [-0.3, -0.25) is 0 Å². The molecule has 0 radical (unpaired) electrons. The van der Waals surface area contributed by atoms with Crippen LogP contribution in [0.15, 0.2) is 24.3 Å². The molecule has 0 amide bonds. The zero-order chi connectivity index (χ0) is 12.1. The molecule has 2 rings (SSSR count). The van der Waals surface area contributed by atoms with Crippen LogP contribution in [0.3, 0.4) is 0 Å². The normalized spacial score (nSPS) is 19.8. The minimum Gasteiger partial charge on any atom is -0.493 e. The lowest BCUT2D eigenvalue weighted by Crippen LogP contribution is -2.37. The van der Waals surface area contributed by atoms with E-state index in [-0.39, 0.29) is 0 Å². The van der Waals surface area contributed by atoms with Gasteiger partial charge in [-0.25, -0.2) is 0 Å². The van der Waals surface area contributed by atoms with Crippen molar-refractivity contribution < 1.29 is 9.47 Å². The lowest BCUT2D eigenvalue weighted by molar-refractivity contribution is 0.103. The Kier molecular flexibility index (Phi) is 4.40. The summed E-state index contributed by atoms with van der Waals surface area (Å²) in [6.45, 7) is 4.45. The lowest BCUT2D eigenvalue weighted by Gasteiger charge is -2.22. The van der Waals surface area contributed by atoms with Crippen molar-refractivity contribution in [3.05, 3.63) is 29.8 Å². The first-order valence-electron chi connectivity index (χ1n) is 6.33. The van der Waals surface area contributed by atoms with Crippen molar-refractivity contribution in [2.24, 2.45) is 0 Å². The van der Waals surface area contributed by atoms with Crippen LogP contribution in [0.1, 0.15) is 24.8 Å². The van der Waals surface area contributed by atoms with Gasteiger partial charge < -0.3 is 14.8 Å². The van der Waals surface area contributed by atoms with Gasteiger partial charge in [-0.05, 0) is 19.5 Å². The van der Waals surface area contributed by atoms with Crippen molar-refractivity contribution in [1.29, 1.82) is 0 Å². The van der Waals surface area contributed by atoms with Crippen LogP contribution in [0, 0.1) is 0 Å². The summed E-state index contributed by atoms with van der Waals surface area (Å²) < 4.78 is 11.3. The number of benzene rings is 1. The third-order valence-electron chi connectivity index (χ3n) is 3.24. The third-order valence-corrected chi connectivity index (χ3v) is 3.24. The summed E-state index contributed by atoms with van der Waals surface area (Å²) in [4.78, 5) is 0. The predicted molar refractivity (Wildman–Crippen MR) is 68.6 cm³/mol. The first-order valence-corrected chi connectivity index (χ1v) is 6.33. The molecule has 3 nitrogen and oxygen atoms in total. The van der Waals surface area contributed by atoms with Crippen LogP contribution in [0.4, 0.5) is 0 Å². The molecule has 1 heterocycles. The van der Waals surface area contributed by atoms with Crippen LogP contribution in [0.2, 0.25) is 0 Å². The molecule has 0 fully saturated rings. The number of nitrogens with one attached hydrogen (secondary N) is 1. The van der Waals surface area contributed by atoms with E-state index in [9.17, 15) is 0 Å². The van der Waals surface area contributed by atoms with E-state index in [0.29, 0.717) is 12.0 Å². The van der Waals surface area contributed by atoms with E-state index in [4.69, 9.17) is 9.47 Å². The largest absolute Gasteiger partial charge is 0.493 e. The maximum atomic E-state index is 5.70. The second-order valence-electron chi connectivity index (χ2n) is 4.43. The molecule has 0 saturated heterocycles. The fourth-order valence-electron chi connectivity index (χ4n) is 2.28. The first kappa shape index (κ1) is 12.4. The second-order valence-corrected chi connectivity index (χ2v) is 4.43. The minimum absolute atomic E-state index is 0.324. The van der Waals surface area contributed by atoms with Crippen LogP contribution < -0.4 is 10.1 Å². The summed E-state index contributed by atoms with van der Waals surface area (Å²) >= 11 is 0. The van der Waals surface area contributed by atoms with Gasteiger partial charge in [0.05, 0.1) is 13.2 Å². The number of likely N-dealkylation sites (N-methyl/N-ethyl adjacent to an activating group) is 1. The summed E-state index contributed by atoms with van der Waals surface area (Å²) in [6, 6.07) is 8.60. The molecule has 2 atom stereocenters. The molecule has 2 unspecified atom stereocenters. The summed E-state index contributed by atoms with van der Waals surface area (Å²) in [6.07, 6.45) is 1.06. The van der Waals surface area contributed by atoms with E-state index >= 15 is 0 Å². The van der Waals surface area contributed by atoms with Gasteiger partial charge in [-0.1, -0.05) is 25.1 Å². The van der Waals surface area contributed by atoms with Crippen molar-refractivity contribution >= 4 is 0 Å². The molecule has 3 heteroatoms. The quantitative estimate of drug-likeness (QED) is 0.767. The molecule has 1 aromatic rings. The molecule has 1 aliphatic heterocycles. The molecule has 0 spiro atoms. The maximum absolute atomic E-state index is 5.70. The average molecular weight is 235 g/mol. The van der Waals surface area contributed by atoms with E-state index in [1.807, 2.05) is 19.2 Å². The zero-order valence-corrected chi connectivity index (χ0v) is 10.6. The summed E-state index contributed by atoms with van der Waals surface area (Å²) in [5.74, 6) is 1.42. The molecule has 1 N–H and O–H groups in total. The topological polar surface area (TPSA) is 30.5 Å². The Morgan fingerprint density at radius 2 is 2.29 bits per heavy atom. The Labute approximate surface area is 103 Å². The van der Waals surface area contributed by atoms with Crippen molar-refractivity contribution in [3.8, 4) is 5.75 Å². The molecule has 17 heavy (non-hydrogen) atoms. The highest BCUT2D eigenvalue weighted by Gasteiger charge is 2.30. The van der Waals surface area contributed by atoms with E-state index in [1.54, 1.807) is 0 Å². The van der Waals surface area contributed by atoms with E-state index in [0.717, 1.165) is 32.0 Å². The number of ether oxygens (including phenoxy) is 2. The zero-order valence-electron chi connectivity index (χ0n) is 10.6. The Morgan fingerprint density at radius 1 is 1.47 bits per heavy atom. The second kappa shape index (κ2) is 6.03. The molecule has 1 aromatic carbocycles. The number of rotatable bonds is 6. The monoisotopic (exact) mass is 235 g/mol. The van der Waals surface area contributed by atoms with Crippen LogP contribution in [-0.2, 0) is 4.74 Å². The molecule has 94 valence electrons. The lowest BCUT2D eigenvalue weighted by atomic mass is 9.94. The molecule has 0 saturated carbocycles. The average Bonchev–Trinajstić information content (AvgIpc) is 2.79. The number of para-hydroxylation sites is 1. The molecular weight excluding hydrogens is 214 g/mol. The smallest absolute Gasteiger partial charge is 0.122 e. The highest BCUT2D eigenvalue weighted by Crippen LogP contribution is 2.35. The Hall–Kier alpha value is -1.06. The number of fused-ring (bicyclic) bond motifs is 1. The molecule has 0 aromatic heterocycles. The van der Waals surface area contributed by atoms with Gasteiger partial charge in [0.1, 0.15) is 5.75 Å². The molecule has 1 aliphatic rings. The van der Waals surface area contributed by atoms with Crippen molar-refractivity contribution in [3.63, 3.8) is 0 Å². The molecular formula is C14H21NO2. The van der Waals surface area contributed by atoms with E-state index in [1.165, 1.54) is 5.56 Å². The highest BCUT2D eigenvalue weighted by molar-refractivity contribution is 5.40.